The van der Waals surface area contributed by atoms with Gasteiger partial charge >= 0.3 is 0 Å². The number of hydrogen-bond donors (Lipinski definition) is 2. The maximum Gasteiger partial charge on any atom is 0.237 e. The average Bonchev–Trinajstić information content (AvgIpc) is 2.38. The molecular formula is C14H13BrN2O2S. The summed E-state index contributed by atoms with van der Waals surface area (Å²) in [5.74, 6) is -0.403. The third kappa shape index (κ3) is 4.18. The predicted molar refractivity (Wildman–Crippen MR) is 84.9 cm³/mol. The molecule has 0 heterocycles. The molecule has 1 amide bonds. The van der Waals surface area contributed by atoms with Gasteiger partial charge < -0.3 is 11.1 Å². The summed E-state index contributed by atoms with van der Waals surface area (Å²) in [4.78, 5) is 12.4. The zero-order valence-corrected chi connectivity index (χ0v) is 12.9. The second-order valence-corrected chi connectivity index (χ2v) is 6.49. The Morgan fingerprint density at radius 1 is 1.20 bits per heavy atom. The maximum atomic E-state index is 12.0. The number of carbonyl (C=O) groups excluding carboxylic acids is 1. The Morgan fingerprint density at radius 3 is 2.65 bits per heavy atom. The molecule has 0 saturated heterocycles. The molecule has 1 atom stereocenters. The van der Waals surface area contributed by atoms with Gasteiger partial charge in [0.15, 0.2) is 0 Å². The van der Waals surface area contributed by atoms with Crippen LogP contribution in [0.4, 0.5) is 11.4 Å². The number of carbonyl (C=O) groups is 1. The van der Waals surface area contributed by atoms with Gasteiger partial charge in [-0.2, -0.15) is 0 Å². The van der Waals surface area contributed by atoms with Gasteiger partial charge in [0.05, 0.1) is 10.8 Å². The van der Waals surface area contributed by atoms with E-state index in [9.17, 15) is 9.00 Å². The third-order valence-electron chi connectivity index (χ3n) is 2.49. The second kappa shape index (κ2) is 6.67. The van der Waals surface area contributed by atoms with E-state index in [1.165, 1.54) is 0 Å². The molecule has 0 bridgehead atoms. The monoisotopic (exact) mass is 352 g/mol. The van der Waals surface area contributed by atoms with Crippen molar-refractivity contribution in [2.45, 2.75) is 4.90 Å². The minimum atomic E-state index is -1.41. The summed E-state index contributed by atoms with van der Waals surface area (Å²) in [5.41, 5.74) is 6.82. The van der Waals surface area contributed by atoms with Gasteiger partial charge in [-0.3, -0.25) is 9.00 Å². The quantitative estimate of drug-likeness (QED) is 0.831. The number of benzene rings is 2. The molecule has 0 saturated carbocycles. The summed E-state index contributed by atoms with van der Waals surface area (Å²) in [7, 11) is -1.41. The molecule has 3 N–H and O–H groups in total. The van der Waals surface area contributed by atoms with Crippen molar-refractivity contribution in [2.24, 2.45) is 0 Å². The molecule has 0 aromatic heterocycles. The first-order chi connectivity index (χ1) is 9.54. The summed E-state index contributed by atoms with van der Waals surface area (Å²) in [6.45, 7) is 0. The van der Waals surface area contributed by atoms with Crippen molar-refractivity contribution >= 4 is 44.0 Å². The molecule has 6 heteroatoms. The second-order valence-electron chi connectivity index (χ2n) is 4.12. The molecule has 0 fully saturated rings. The van der Waals surface area contributed by atoms with Crippen LogP contribution >= 0.6 is 15.9 Å². The minimum Gasteiger partial charge on any atom is -0.399 e. The highest BCUT2D eigenvalue weighted by molar-refractivity contribution is 9.10. The number of anilines is 2. The fourth-order valence-electron chi connectivity index (χ4n) is 1.62. The molecule has 1 unspecified atom stereocenters. The lowest BCUT2D eigenvalue weighted by molar-refractivity contribution is -0.113. The van der Waals surface area contributed by atoms with Crippen LogP contribution in [0, 0.1) is 0 Å². The lowest BCUT2D eigenvalue weighted by atomic mass is 10.3. The van der Waals surface area contributed by atoms with Crippen molar-refractivity contribution in [3.05, 3.63) is 53.0 Å². The van der Waals surface area contributed by atoms with Crippen LogP contribution in [0.1, 0.15) is 0 Å². The van der Waals surface area contributed by atoms with Gasteiger partial charge in [-0.1, -0.05) is 28.1 Å². The van der Waals surface area contributed by atoms with Gasteiger partial charge in [-0.15, -0.1) is 0 Å². The number of amides is 1. The molecule has 2 rings (SSSR count). The molecule has 0 aliphatic rings. The number of rotatable bonds is 4. The number of hydrogen-bond acceptors (Lipinski definition) is 3. The highest BCUT2D eigenvalue weighted by Gasteiger charge is 2.10. The van der Waals surface area contributed by atoms with Crippen LogP contribution in [0.3, 0.4) is 0 Å². The lowest BCUT2D eigenvalue weighted by Crippen LogP contribution is -2.19. The molecule has 2 aromatic carbocycles. The van der Waals surface area contributed by atoms with Gasteiger partial charge in [0.25, 0.3) is 0 Å². The number of nitrogen functional groups attached to an aromatic ring is 1. The molecule has 20 heavy (non-hydrogen) atoms. The van der Waals surface area contributed by atoms with E-state index in [2.05, 4.69) is 21.2 Å². The zero-order valence-electron chi connectivity index (χ0n) is 10.5. The van der Waals surface area contributed by atoms with E-state index in [1.54, 1.807) is 36.4 Å². The van der Waals surface area contributed by atoms with Crippen LogP contribution in [-0.2, 0) is 15.6 Å². The summed E-state index contributed by atoms with van der Waals surface area (Å²) in [5, 5.41) is 2.70. The van der Waals surface area contributed by atoms with Crippen LogP contribution < -0.4 is 11.1 Å². The van der Waals surface area contributed by atoms with Crippen molar-refractivity contribution < 1.29 is 9.00 Å². The van der Waals surface area contributed by atoms with Gasteiger partial charge in [0, 0.05) is 20.7 Å². The van der Waals surface area contributed by atoms with E-state index >= 15 is 0 Å². The summed E-state index contributed by atoms with van der Waals surface area (Å²) >= 11 is 3.32. The highest BCUT2D eigenvalue weighted by atomic mass is 79.9. The molecule has 2 aromatic rings. The predicted octanol–water partition coefficient (Wildman–Crippen LogP) is 2.78. The van der Waals surface area contributed by atoms with Gasteiger partial charge in [0.2, 0.25) is 5.91 Å². The number of halogens is 1. The third-order valence-corrected chi connectivity index (χ3v) is 4.29. The van der Waals surface area contributed by atoms with E-state index in [-0.39, 0.29) is 11.7 Å². The zero-order chi connectivity index (χ0) is 14.5. The van der Waals surface area contributed by atoms with E-state index in [1.807, 2.05) is 12.1 Å². The summed E-state index contributed by atoms with van der Waals surface area (Å²) < 4.78 is 12.9. The number of nitrogens with one attached hydrogen (secondary N) is 1. The van der Waals surface area contributed by atoms with E-state index in [4.69, 9.17) is 5.73 Å². The smallest absolute Gasteiger partial charge is 0.237 e. The fraction of sp³-hybridized carbons (Fsp3) is 0.0714. The Morgan fingerprint density at radius 2 is 1.95 bits per heavy atom. The Labute approximate surface area is 128 Å². The van der Waals surface area contributed by atoms with Crippen LogP contribution in [0.25, 0.3) is 0 Å². The molecular weight excluding hydrogens is 340 g/mol. The van der Waals surface area contributed by atoms with E-state index in [0.29, 0.717) is 16.3 Å². The molecule has 4 nitrogen and oxygen atoms in total. The molecule has 0 aliphatic heterocycles. The van der Waals surface area contributed by atoms with Crippen molar-refractivity contribution in [1.82, 2.24) is 0 Å². The van der Waals surface area contributed by atoms with E-state index < -0.39 is 10.8 Å². The largest absolute Gasteiger partial charge is 0.399 e. The molecule has 0 radical (unpaired) electrons. The minimum absolute atomic E-state index is 0.101. The van der Waals surface area contributed by atoms with Crippen LogP contribution in [0.2, 0.25) is 0 Å². The maximum absolute atomic E-state index is 12.0. The normalized spacial score (nSPS) is 11.8. The first-order valence-electron chi connectivity index (χ1n) is 5.84. The van der Waals surface area contributed by atoms with Crippen molar-refractivity contribution in [2.75, 3.05) is 16.8 Å². The fourth-order valence-corrected chi connectivity index (χ4v) is 3.00. The Hall–Kier alpha value is -1.66. The summed E-state index contributed by atoms with van der Waals surface area (Å²) in [6, 6.07) is 14.0. The first-order valence-corrected chi connectivity index (χ1v) is 7.95. The van der Waals surface area contributed by atoms with Crippen LogP contribution in [-0.4, -0.2) is 15.9 Å². The molecule has 0 aliphatic carbocycles. The number of nitrogens with two attached hydrogens (primary N) is 1. The highest BCUT2D eigenvalue weighted by Crippen LogP contribution is 2.16. The van der Waals surface area contributed by atoms with Gasteiger partial charge in [-0.25, -0.2) is 0 Å². The Balaban J connectivity index is 1.99. The lowest BCUT2D eigenvalue weighted by Gasteiger charge is -2.06. The molecule has 0 spiro atoms. The average molecular weight is 353 g/mol. The van der Waals surface area contributed by atoms with Crippen molar-refractivity contribution in [3.8, 4) is 0 Å². The van der Waals surface area contributed by atoms with Gasteiger partial charge in [-0.05, 0) is 36.4 Å². The molecule has 104 valence electrons. The Bertz CT molecular complexity index is 661. The Kier molecular flexibility index (Phi) is 4.92. The first kappa shape index (κ1) is 14.7. The standard InChI is InChI=1S/C14H13BrN2O2S/c15-10-3-1-5-12(7-10)17-14(18)9-20(19)13-6-2-4-11(16)8-13/h1-8H,9,16H2,(H,17,18). The van der Waals surface area contributed by atoms with E-state index in [0.717, 1.165) is 4.47 Å². The van der Waals surface area contributed by atoms with Crippen molar-refractivity contribution in [1.29, 1.82) is 0 Å². The van der Waals surface area contributed by atoms with Gasteiger partial charge in [0.1, 0.15) is 5.75 Å². The van der Waals surface area contributed by atoms with Crippen molar-refractivity contribution in [3.63, 3.8) is 0 Å². The SMILES string of the molecule is Nc1cccc(S(=O)CC(=O)Nc2cccc(Br)c2)c1. The van der Waals surface area contributed by atoms with Crippen LogP contribution in [0.5, 0.6) is 0 Å². The summed E-state index contributed by atoms with van der Waals surface area (Å²) in [6.07, 6.45) is 0. The topological polar surface area (TPSA) is 72.2 Å². The van der Waals surface area contributed by atoms with Crippen LogP contribution in [0.15, 0.2) is 57.9 Å².